The van der Waals surface area contributed by atoms with E-state index in [0.29, 0.717) is 36.4 Å². The summed E-state index contributed by atoms with van der Waals surface area (Å²) in [6, 6.07) is 1.88. The van der Waals surface area contributed by atoms with Crippen LogP contribution in [0, 0.1) is 5.92 Å². The van der Waals surface area contributed by atoms with Gasteiger partial charge in [0.1, 0.15) is 16.0 Å². The number of hydrogen-bond acceptors (Lipinski definition) is 5. The average molecular weight is 322 g/mol. The number of carbonyl (C=O) groups is 1. The van der Waals surface area contributed by atoms with Crippen molar-refractivity contribution in [2.24, 2.45) is 5.92 Å². The first-order chi connectivity index (χ1) is 10.4. The number of nitrogens with zero attached hydrogens (tertiary/aromatic N) is 2. The van der Waals surface area contributed by atoms with Crippen LogP contribution in [-0.2, 0) is 17.6 Å². The van der Waals surface area contributed by atoms with Gasteiger partial charge in [-0.2, -0.15) is 0 Å². The van der Waals surface area contributed by atoms with Crippen molar-refractivity contribution < 1.29 is 13.9 Å². The molecular formula is C16H19FN2O2S. The smallest absolute Gasteiger partial charge is 0.367 e. The summed E-state index contributed by atoms with van der Waals surface area (Å²) in [7, 11) is 0. The number of aromatic nitrogens is 2. The van der Waals surface area contributed by atoms with Crippen molar-refractivity contribution >= 4 is 27.7 Å². The number of thiazole rings is 1. The summed E-state index contributed by atoms with van der Waals surface area (Å²) < 4.78 is 19.9. The maximum atomic E-state index is 14.9. The fraction of sp³-hybridized carbons (Fsp3) is 0.562. The Morgan fingerprint density at radius 2 is 2.27 bits per heavy atom. The van der Waals surface area contributed by atoms with Gasteiger partial charge < -0.3 is 4.74 Å². The van der Waals surface area contributed by atoms with Crippen molar-refractivity contribution in [3.05, 3.63) is 22.3 Å². The van der Waals surface area contributed by atoms with Gasteiger partial charge in [-0.3, -0.25) is 0 Å². The van der Waals surface area contributed by atoms with Crippen LogP contribution in [0.15, 0.2) is 6.07 Å². The number of alkyl halides is 1. The van der Waals surface area contributed by atoms with Gasteiger partial charge in [0.05, 0.1) is 6.61 Å². The minimum Gasteiger partial charge on any atom is -0.461 e. The minimum absolute atomic E-state index is 0.0260. The lowest BCUT2D eigenvalue weighted by atomic mass is 9.77. The Morgan fingerprint density at radius 3 is 2.95 bits per heavy atom. The SMILES string of the molecule is CCOC(=O)c1nc2cc3c(nc2s1)CC[C@@](F)(C(C)C)C3. The van der Waals surface area contributed by atoms with Crippen LogP contribution < -0.4 is 0 Å². The molecule has 0 fully saturated rings. The first-order valence-electron chi connectivity index (χ1n) is 7.58. The van der Waals surface area contributed by atoms with E-state index in [-0.39, 0.29) is 5.92 Å². The molecule has 22 heavy (non-hydrogen) atoms. The molecule has 1 atom stereocenters. The topological polar surface area (TPSA) is 52.1 Å². The number of fused-ring (bicyclic) bond motifs is 2. The van der Waals surface area contributed by atoms with Crippen molar-refractivity contribution in [2.75, 3.05) is 6.61 Å². The third kappa shape index (κ3) is 2.60. The number of carbonyl (C=O) groups excluding carboxylic acids is 1. The number of aryl methyl sites for hydroxylation is 1. The van der Waals surface area contributed by atoms with Crippen LogP contribution >= 0.6 is 11.3 Å². The maximum Gasteiger partial charge on any atom is 0.367 e. The molecule has 0 aromatic carbocycles. The highest BCUT2D eigenvalue weighted by Crippen LogP contribution is 2.38. The summed E-state index contributed by atoms with van der Waals surface area (Å²) in [6.45, 7) is 5.91. The van der Waals surface area contributed by atoms with Gasteiger partial charge in [0.25, 0.3) is 0 Å². The first kappa shape index (κ1) is 15.3. The Hall–Kier alpha value is -1.56. The molecule has 3 rings (SSSR count). The molecule has 0 radical (unpaired) electrons. The van der Waals surface area contributed by atoms with Gasteiger partial charge in [-0.1, -0.05) is 25.2 Å². The van der Waals surface area contributed by atoms with Crippen LogP contribution in [-0.4, -0.2) is 28.2 Å². The molecule has 0 aliphatic heterocycles. The molecule has 2 aromatic rings. The molecule has 2 heterocycles. The van der Waals surface area contributed by atoms with Crippen molar-refractivity contribution in [1.29, 1.82) is 0 Å². The van der Waals surface area contributed by atoms with Crippen molar-refractivity contribution in [3.63, 3.8) is 0 Å². The van der Waals surface area contributed by atoms with Gasteiger partial charge in [-0.25, -0.2) is 19.2 Å². The van der Waals surface area contributed by atoms with Crippen molar-refractivity contribution in [1.82, 2.24) is 9.97 Å². The Balaban J connectivity index is 1.98. The van der Waals surface area contributed by atoms with E-state index in [9.17, 15) is 9.18 Å². The van der Waals surface area contributed by atoms with E-state index >= 15 is 0 Å². The summed E-state index contributed by atoms with van der Waals surface area (Å²) in [5.74, 6) is -0.452. The largest absolute Gasteiger partial charge is 0.461 e. The molecule has 0 unspecified atom stereocenters. The van der Waals surface area contributed by atoms with Crippen LogP contribution in [0.5, 0.6) is 0 Å². The van der Waals surface area contributed by atoms with Crippen molar-refractivity contribution in [2.45, 2.75) is 45.7 Å². The molecule has 2 aromatic heterocycles. The third-order valence-corrected chi connectivity index (χ3v) is 5.24. The van der Waals surface area contributed by atoms with E-state index in [1.165, 1.54) is 11.3 Å². The highest BCUT2D eigenvalue weighted by Gasteiger charge is 2.38. The first-order valence-corrected chi connectivity index (χ1v) is 8.40. The third-order valence-electron chi connectivity index (χ3n) is 4.30. The Labute approximate surface area is 132 Å². The van der Waals surface area contributed by atoms with Gasteiger partial charge in [-0.05, 0) is 37.3 Å². The predicted molar refractivity (Wildman–Crippen MR) is 84.1 cm³/mol. The summed E-state index contributed by atoms with van der Waals surface area (Å²) in [5.41, 5.74) is 1.32. The molecule has 0 bridgehead atoms. The van der Waals surface area contributed by atoms with Crippen LogP contribution in [0.1, 0.15) is 48.3 Å². The van der Waals surface area contributed by atoms with Gasteiger partial charge in [0.15, 0.2) is 0 Å². The van der Waals surface area contributed by atoms with E-state index in [1.54, 1.807) is 6.92 Å². The molecule has 0 saturated carbocycles. The van der Waals surface area contributed by atoms with Crippen LogP contribution in [0.3, 0.4) is 0 Å². The second-order valence-electron chi connectivity index (χ2n) is 6.02. The minimum atomic E-state index is -1.18. The standard InChI is InChI=1S/C16H19FN2O2S/c1-4-21-15(20)14-19-12-7-10-8-16(17,9(2)3)6-5-11(10)18-13(12)22-14/h7,9H,4-6,8H2,1-3H3/t16-/m0/s1. The highest BCUT2D eigenvalue weighted by atomic mass is 32.1. The second kappa shape index (κ2) is 5.57. The van der Waals surface area contributed by atoms with E-state index < -0.39 is 11.6 Å². The molecule has 6 heteroatoms. The number of esters is 1. The van der Waals surface area contributed by atoms with Crippen LogP contribution in [0.4, 0.5) is 4.39 Å². The quantitative estimate of drug-likeness (QED) is 0.808. The number of halogens is 1. The molecule has 0 saturated heterocycles. The zero-order chi connectivity index (χ0) is 15.9. The second-order valence-corrected chi connectivity index (χ2v) is 7.00. The van der Waals surface area contributed by atoms with Gasteiger partial charge in [0.2, 0.25) is 5.01 Å². The molecule has 0 amide bonds. The predicted octanol–water partition coefficient (Wildman–Crippen LogP) is 3.72. The molecule has 1 aliphatic rings. The maximum absolute atomic E-state index is 14.9. The van der Waals surface area contributed by atoms with E-state index in [0.717, 1.165) is 16.1 Å². The number of ether oxygens (including phenoxy) is 1. The molecule has 1 aliphatic carbocycles. The number of rotatable bonds is 3. The summed E-state index contributed by atoms with van der Waals surface area (Å²) >= 11 is 1.23. The summed E-state index contributed by atoms with van der Waals surface area (Å²) in [4.78, 5) is 21.4. The molecule has 4 nitrogen and oxygen atoms in total. The monoisotopic (exact) mass is 322 g/mol. The van der Waals surface area contributed by atoms with Gasteiger partial charge in [0, 0.05) is 12.1 Å². The highest BCUT2D eigenvalue weighted by molar-refractivity contribution is 7.19. The number of pyridine rings is 1. The van der Waals surface area contributed by atoms with Gasteiger partial charge in [-0.15, -0.1) is 0 Å². The fourth-order valence-corrected chi connectivity index (χ4v) is 3.65. The van der Waals surface area contributed by atoms with Crippen LogP contribution in [0.2, 0.25) is 0 Å². The lowest BCUT2D eigenvalue weighted by Gasteiger charge is -2.33. The summed E-state index contributed by atoms with van der Waals surface area (Å²) in [5, 5.41) is 0.307. The molecule has 0 spiro atoms. The van der Waals surface area contributed by atoms with E-state index in [1.807, 2.05) is 19.9 Å². The zero-order valence-corrected chi connectivity index (χ0v) is 13.8. The average Bonchev–Trinajstić information content (AvgIpc) is 2.88. The zero-order valence-electron chi connectivity index (χ0n) is 13.0. The lowest BCUT2D eigenvalue weighted by Crippen LogP contribution is -2.36. The Kier molecular flexibility index (Phi) is 3.89. The molecule has 0 N–H and O–H groups in total. The molecular weight excluding hydrogens is 303 g/mol. The van der Waals surface area contributed by atoms with Crippen LogP contribution in [0.25, 0.3) is 10.3 Å². The normalized spacial score (nSPS) is 21.1. The summed E-state index contributed by atoms with van der Waals surface area (Å²) in [6.07, 6.45) is 1.50. The number of hydrogen-bond donors (Lipinski definition) is 0. The lowest BCUT2D eigenvalue weighted by molar-refractivity contribution is 0.0526. The Morgan fingerprint density at radius 1 is 1.50 bits per heavy atom. The van der Waals surface area contributed by atoms with E-state index in [4.69, 9.17) is 4.74 Å². The Bertz CT molecular complexity index is 728. The molecule has 118 valence electrons. The van der Waals surface area contributed by atoms with Gasteiger partial charge >= 0.3 is 5.97 Å². The fourth-order valence-electron chi connectivity index (χ4n) is 2.81. The van der Waals surface area contributed by atoms with Crippen molar-refractivity contribution in [3.8, 4) is 0 Å². The van der Waals surface area contributed by atoms with E-state index in [2.05, 4.69) is 9.97 Å².